The normalized spacial score (nSPS) is 14.9. The lowest BCUT2D eigenvalue weighted by Gasteiger charge is -2.34. The molecular weight excluding hydrogens is 360 g/mol. The zero-order chi connectivity index (χ0) is 19.3. The van der Waals surface area contributed by atoms with Gasteiger partial charge in [0, 0.05) is 45.0 Å². The zero-order valence-corrected chi connectivity index (χ0v) is 15.4. The molecule has 0 spiro atoms. The molecular formula is C21H21F2N5. The summed E-state index contributed by atoms with van der Waals surface area (Å²) in [5.74, 6) is -0.191. The molecule has 0 aliphatic carbocycles. The molecule has 144 valence electrons. The van der Waals surface area contributed by atoms with E-state index in [0.29, 0.717) is 11.8 Å². The zero-order valence-electron chi connectivity index (χ0n) is 15.4. The molecule has 4 rings (SSSR count). The van der Waals surface area contributed by atoms with Crippen LogP contribution in [0.1, 0.15) is 5.56 Å². The fourth-order valence-corrected chi connectivity index (χ4v) is 3.25. The van der Waals surface area contributed by atoms with E-state index in [9.17, 15) is 8.78 Å². The molecule has 1 N–H and O–H groups in total. The van der Waals surface area contributed by atoms with E-state index in [1.165, 1.54) is 17.7 Å². The number of hydrogen-bond acceptors (Lipinski definition) is 5. The highest BCUT2D eigenvalue weighted by Gasteiger charge is 2.19. The minimum Gasteiger partial charge on any atom is -0.338 e. The fourth-order valence-electron chi connectivity index (χ4n) is 3.25. The molecule has 0 bridgehead atoms. The third-order valence-corrected chi connectivity index (χ3v) is 4.74. The Balaban J connectivity index is 1.38. The predicted octanol–water partition coefficient (Wildman–Crippen LogP) is 3.82. The van der Waals surface area contributed by atoms with Gasteiger partial charge in [0.25, 0.3) is 0 Å². The number of hydrogen-bond donors (Lipinski definition) is 1. The SMILES string of the molecule is Fc1ccc(Nc2ccnc(N3CCN(Cc4ccccc4)CC3)n2)c(F)c1. The van der Waals surface area contributed by atoms with Gasteiger partial charge in [0.2, 0.25) is 5.95 Å². The van der Waals surface area contributed by atoms with E-state index in [1.54, 1.807) is 12.3 Å². The summed E-state index contributed by atoms with van der Waals surface area (Å²) in [5.41, 5.74) is 1.48. The van der Waals surface area contributed by atoms with Gasteiger partial charge in [-0.25, -0.2) is 13.8 Å². The third-order valence-electron chi connectivity index (χ3n) is 4.74. The monoisotopic (exact) mass is 381 g/mol. The number of benzene rings is 2. The molecule has 0 radical (unpaired) electrons. The van der Waals surface area contributed by atoms with Gasteiger partial charge in [-0.15, -0.1) is 0 Å². The summed E-state index contributed by atoms with van der Waals surface area (Å²) >= 11 is 0. The minimum absolute atomic E-state index is 0.179. The quantitative estimate of drug-likeness (QED) is 0.728. The van der Waals surface area contributed by atoms with Gasteiger partial charge in [-0.1, -0.05) is 30.3 Å². The molecule has 1 saturated heterocycles. The largest absolute Gasteiger partial charge is 0.338 e. The Kier molecular flexibility index (Phi) is 5.43. The summed E-state index contributed by atoms with van der Waals surface area (Å²) < 4.78 is 26.9. The standard InChI is InChI=1S/C21H21F2N5/c22-17-6-7-19(18(23)14-17)25-20-8-9-24-21(26-20)28-12-10-27(11-13-28)15-16-4-2-1-3-5-16/h1-9,14H,10-13,15H2,(H,24,25,26). The van der Waals surface area contributed by atoms with Crippen molar-refractivity contribution in [3.63, 3.8) is 0 Å². The summed E-state index contributed by atoms with van der Waals surface area (Å²) in [5, 5.41) is 2.89. The highest BCUT2D eigenvalue weighted by atomic mass is 19.1. The third kappa shape index (κ3) is 4.43. The maximum Gasteiger partial charge on any atom is 0.227 e. The Morgan fingerprint density at radius 1 is 0.929 bits per heavy atom. The Hall–Kier alpha value is -3.06. The Bertz CT molecular complexity index is 927. The average molecular weight is 381 g/mol. The summed E-state index contributed by atoms with van der Waals surface area (Å²) in [4.78, 5) is 13.4. The number of aromatic nitrogens is 2. The number of anilines is 3. The van der Waals surface area contributed by atoms with Crippen LogP contribution in [0.4, 0.5) is 26.2 Å². The topological polar surface area (TPSA) is 44.3 Å². The predicted molar refractivity (Wildman–Crippen MR) is 106 cm³/mol. The van der Waals surface area contributed by atoms with E-state index in [0.717, 1.165) is 38.8 Å². The van der Waals surface area contributed by atoms with Crippen molar-refractivity contribution in [1.82, 2.24) is 14.9 Å². The molecule has 7 heteroatoms. The lowest BCUT2D eigenvalue weighted by molar-refractivity contribution is 0.248. The van der Waals surface area contributed by atoms with Crippen molar-refractivity contribution >= 4 is 17.5 Å². The van der Waals surface area contributed by atoms with E-state index >= 15 is 0 Å². The molecule has 3 aromatic rings. The molecule has 1 fully saturated rings. The average Bonchev–Trinajstić information content (AvgIpc) is 2.72. The first-order valence-corrected chi connectivity index (χ1v) is 9.24. The maximum absolute atomic E-state index is 13.9. The molecule has 1 aliphatic heterocycles. The van der Waals surface area contributed by atoms with Gasteiger partial charge in [0.05, 0.1) is 5.69 Å². The van der Waals surface area contributed by atoms with Gasteiger partial charge in [-0.05, 0) is 23.8 Å². The van der Waals surface area contributed by atoms with E-state index in [-0.39, 0.29) is 5.69 Å². The van der Waals surface area contributed by atoms with Gasteiger partial charge < -0.3 is 10.2 Å². The molecule has 0 amide bonds. The van der Waals surface area contributed by atoms with E-state index < -0.39 is 11.6 Å². The smallest absolute Gasteiger partial charge is 0.227 e. The molecule has 2 aromatic carbocycles. The number of halogens is 2. The highest BCUT2D eigenvalue weighted by Crippen LogP contribution is 2.21. The van der Waals surface area contributed by atoms with E-state index in [4.69, 9.17) is 0 Å². The fraction of sp³-hybridized carbons (Fsp3) is 0.238. The second kappa shape index (κ2) is 8.31. The van der Waals surface area contributed by atoms with E-state index in [2.05, 4.69) is 49.4 Å². The summed E-state index contributed by atoms with van der Waals surface area (Å²) in [7, 11) is 0. The molecule has 0 saturated carbocycles. The summed E-state index contributed by atoms with van der Waals surface area (Å²) in [6.45, 7) is 4.41. The van der Waals surface area contributed by atoms with Crippen LogP contribution in [0.2, 0.25) is 0 Å². The van der Waals surface area contributed by atoms with Crippen LogP contribution in [0, 0.1) is 11.6 Å². The first-order valence-electron chi connectivity index (χ1n) is 9.24. The van der Waals surface area contributed by atoms with Crippen LogP contribution in [-0.4, -0.2) is 41.0 Å². The lowest BCUT2D eigenvalue weighted by atomic mass is 10.2. The van der Waals surface area contributed by atoms with Gasteiger partial charge in [-0.3, -0.25) is 4.90 Å². The Morgan fingerprint density at radius 3 is 2.46 bits per heavy atom. The van der Waals surface area contributed by atoms with Crippen molar-refractivity contribution in [3.8, 4) is 0 Å². The van der Waals surface area contributed by atoms with Crippen LogP contribution < -0.4 is 10.2 Å². The number of rotatable bonds is 5. The second-order valence-corrected chi connectivity index (χ2v) is 6.74. The molecule has 0 unspecified atom stereocenters. The highest BCUT2D eigenvalue weighted by molar-refractivity contribution is 5.57. The molecule has 1 aromatic heterocycles. The van der Waals surface area contributed by atoms with Crippen molar-refractivity contribution in [1.29, 1.82) is 0 Å². The van der Waals surface area contributed by atoms with Crippen molar-refractivity contribution in [2.45, 2.75) is 6.54 Å². The van der Waals surface area contributed by atoms with Crippen molar-refractivity contribution in [3.05, 3.63) is 78.0 Å². The number of nitrogens with one attached hydrogen (secondary N) is 1. The minimum atomic E-state index is -0.658. The molecule has 28 heavy (non-hydrogen) atoms. The van der Waals surface area contributed by atoms with Crippen LogP contribution in [0.5, 0.6) is 0 Å². The summed E-state index contributed by atoms with van der Waals surface area (Å²) in [6.07, 6.45) is 1.64. The van der Waals surface area contributed by atoms with Crippen LogP contribution >= 0.6 is 0 Å². The summed E-state index contributed by atoms with van der Waals surface area (Å²) in [6, 6.07) is 15.5. The van der Waals surface area contributed by atoms with Gasteiger partial charge in [0.15, 0.2) is 0 Å². The van der Waals surface area contributed by atoms with Crippen LogP contribution in [-0.2, 0) is 6.54 Å². The van der Waals surface area contributed by atoms with Crippen LogP contribution in [0.3, 0.4) is 0 Å². The molecule has 1 aliphatic rings. The molecule has 5 nitrogen and oxygen atoms in total. The number of nitrogens with zero attached hydrogens (tertiary/aromatic N) is 4. The first-order chi connectivity index (χ1) is 13.7. The number of piperazine rings is 1. The van der Waals surface area contributed by atoms with Crippen molar-refractivity contribution in [2.24, 2.45) is 0 Å². The first kappa shape index (κ1) is 18.3. The Labute approximate surface area is 162 Å². The van der Waals surface area contributed by atoms with Crippen molar-refractivity contribution in [2.75, 3.05) is 36.4 Å². The van der Waals surface area contributed by atoms with Gasteiger partial charge in [-0.2, -0.15) is 4.98 Å². The molecule has 0 atom stereocenters. The van der Waals surface area contributed by atoms with Gasteiger partial charge >= 0.3 is 0 Å². The maximum atomic E-state index is 13.9. The van der Waals surface area contributed by atoms with E-state index in [1.807, 2.05) is 6.07 Å². The van der Waals surface area contributed by atoms with Crippen LogP contribution in [0.25, 0.3) is 0 Å². The lowest BCUT2D eigenvalue weighted by Crippen LogP contribution is -2.46. The second-order valence-electron chi connectivity index (χ2n) is 6.74. The van der Waals surface area contributed by atoms with Gasteiger partial charge in [0.1, 0.15) is 17.5 Å². The Morgan fingerprint density at radius 2 is 1.71 bits per heavy atom. The van der Waals surface area contributed by atoms with Crippen LogP contribution in [0.15, 0.2) is 60.8 Å². The molecule has 2 heterocycles. The van der Waals surface area contributed by atoms with Crippen molar-refractivity contribution < 1.29 is 8.78 Å².